The normalized spacial score (nSPS) is 10.7. The van der Waals surface area contributed by atoms with Gasteiger partial charge < -0.3 is 0 Å². The molecule has 78 valence electrons. The molecule has 0 bridgehead atoms. The molecule has 0 fully saturated rings. The first-order chi connectivity index (χ1) is 7.18. The number of aromatic nitrogens is 3. The van der Waals surface area contributed by atoms with Crippen molar-refractivity contribution in [3.63, 3.8) is 0 Å². The van der Waals surface area contributed by atoms with E-state index >= 15 is 0 Å². The molecule has 0 N–H and O–H groups in total. The van der Waals surface area contributed by atoms with E-state index in [1.54, 1.807) is 10.6 Å². The number of pyridine rings is 1. The van der Waals surface area contributed by atoms with E-state index in [0.29, 0.717) is 12.2 Å². The summed E-state index contributed by atoms with van der Waals surface area (Å²) in [4.78, 5) is 11.8. The number of rotatable bonds is 3. The lowest BCUT2D eigenvalue weighted by Crippen LogP contribution is -2.21. The molecule has 0 saturated carbocycles. The average Bonchev–Trinajstić information content (AvgIpc) is 2.54. The Morgan fingerprint density at radius 2 is 2.33 bits per heavy atom. The van der Waals surface area contributed by atoms with Gasteiger partial charge >= 0.3 is 5.69 Å². The maximum Gasteiger partial charge on any atom is 0.350 e. The zero-order chi connectivity index (χ0) is 10.8. The second-order valence-corrected chi connectivity index (χ2v) is 3.64. The second kappa shape index (κ2) is 3.73. The first-order valence-corrected chi connectivity index (χ1v) is 4.87. The number of nitrogens with zero attached hydrogens (tertiary/aromatic N) is 3. The minimum Gasteiger partial charge on any atom is -0.250 e. The lowest BCUT2D eigenvalue weighted by atomic mass is 10.2. The molecule has 2 aromatic rings. The van der Waals surface area contributed by atoms with Crippen LogP contribution < -0.4 is 5.69 Å². The molecule has 0 radical (unpaired) electrons. The van der Waals surface area contributed by atoms with Crippen LogP contribution in [0.15, 0.2) is 41.3 Å². The predicted molar refractivity (Wildman–Crippen MR) is 58.9 cm³/mol. The number of fused-ring (bicyclic) bond motifs is 1. The SMILES string of the molecule is C=C(C)CCn1nc2ccccn2c1=O. The van der Waals surface area contributed by atoms with Gasteiger partial charge in [0.1, 0.15) is 0 Å². The van der Waals surface area contributed by atoms with Crippen molar-refractivity contribution in [2.24, 2.45) is 0 Å². The fourth-order valence-electron chi connectivity index (χ4n) is 1.41. The van der Waals surface area contributed by atoms with Crippen LogP contribution >= 0.6 is 0 Å². The lowest BCUT2D eigenvalue weighted by Gasteiger charge is -1.97. The molecule has 4 heteroatoms. The highest BCUT2D eigenvalue weighted by atomic mass is 16.2. The third-order valence-electron chi connectivity index (χ3n) is 2.24. The van der Waals surface area contributed by atoms with Crippen LogP contribution in [0.2, 0.25) is 0 Å². The largest absolute Gasteiger partial charge is 0.350 e. The summed E-state index contributed by atoms with van der Waals surface area (Å²) in [6, 6.07) is 5.50. The summed E-state index contributed by atoms with van der Waals surface area (Å²) < 4.78 is 3.02. The quantitative estimate of drug-likeness (QED) is 0.708. The van der Waals surface area contributed by atoms with Crippen LogP contribution in [0, 0.1) is 0 Å². The molecule has 2 rings (SSSR count). The molecule has 0 unspecified atom stereocenters. The summed E-state index contributed by atoms with van der Waals surface area (Å²) in [5, 5.41) is 4.21. The van der Waals surface area contributed by atoms with Gasteiger partial charge in [0, 0.05) is 6.20 Å². The highest BCUT2D eigenvalue weighted by Crippen LogP contribution is 1.99. The van der Waals surface area contributed by atoms with Crippen molar-refractivity contribution < 1.29 is 0 Å². The van der Waals surface area contributed by atoms with Gasteiger partial charge in [0.2, 0.25) is 0 Å². The third-order valence-corrected chi connectivity index (χ3v) is 2.24. The molecule has 15 heavy (non-hydrogen) atoms. The van der Waals surface area contributed by atoms with Crippen molar-refractivity contribution in [2.75, 3.05) is 0 Å². The van der Waals surface area contributed by atoms with Gasteiger partial charge in [-0.15, -0.1) is 11.7 Å². The maximum atomic E-state index is 11.8. The van der Waals surface area contributed by atoms with Gasteiger partial charge in [0.15, 0.2) is 5.65 Å². The fourth-order valence-corrected chi connectivity index (χ4v) is 1.41. The van der Waals surface area contributed by atoms with Crippen LogP contribution in [0.1, 0.15) is 13.3 Å². The smallest absolute Gasteiger partial charge is 0.250 e. The van der Waals surface area contributed by atoms with Gasteiger partial charge in [0.25, 0.3) is 0 Å². The van der Waals surface area contributed by atoms with E-state index in [1.165, 1.54) is 4.68 Å². The van der Waals surface area contributed by atoms with Gasteiger partial charge in [-0.05, 0) is 25.5 Å². The summed E-state index contributed by atoms with van der Waals surface area (Å²) in [5.41, 5.74) is 1.65. The molecular formula is C11H13N3O. The molecule has 4 nitrogen and oxygen atoms in total. The molecule has 0 aromatic carbocycles. The predicted octanol–water partition coefficient (Wildman–Crippen LogP) is 1.46. The van der Waals surface area contributed by atoms with Gasteiger partial charge in [-0.1, -0.05) is 11.6 Å². The molecule has 0 aliphatic rings. The zero-order valence-corrected chi connectivity index (χ0v) is 8.68. The first kappa shape index (κ1) is 9.71. The van der Waals surface area contributed by atoms with E-state index in [2.05, 4.69) is 11.7 Å². The molecule has 0 spiro atoms. The van der Waals surface area contributed by atoms with Gasteiger partial charge in [-0.25, -0.2) is 9.48 Å². The van der Waals surface area contributed by atoms with E-state index in [4.69, 9.17) is 0 Å². The maximum absolute atomic E-state index is 11.8. The molecule has 0 saturated heterocycles. The number of allylic oxidation sites excluding steroid dienone is 1. The molecular weight excluding hydrogens is 190 g/mol. The van der Waals surface area contributed by atoms with Crippen molar-refractivity contribution in [3.05, 3.63) is 47.0 Å². The van der Waals surface area contributed by atoms with Crippen LogP contribution in [-0.2, 0) is 6.54 Å². The molecule has 0 amide bonds. The third kappa shape index (κ3) is 1.83. The van der Waals surface area contributed by atoms with E-state index in [9.17, 15) is 4.79 Å². The van der Waals surface area contributed by atoms with Crippen LogP contribution in [0.4, 0.5) is 0 Å². The van der Waals surface area contributed by atoms with Crippen molar-refractivity contribution >= 4 is 5.65 Å². The van der Waals surface area contributed by atoms with E-state index in [0.717, 1.165) is 12.0 Å². The van der Waals surface area contributed by atoms with Crippen LogP contribution in [0.25, 0.3) is 5.65 Å². The Morgan fingerprint density at radius 3 is 3.00 bits per heavy atom. The minimum atomic E-state index is -0.0909. The van der Waals surface area contributed by atoms with E-state index in [-0.39, 0.29) is 5.69 Å². The molecule has 0 atom stereocenters. The van der Waals surface area contributed by atoms with Crippen LogP contribution in [0.3, 0.4) is 0 Å². The highest BCUT2D eigenvalue weighted by molar-refractivity contribution is 5.35. The highest BCUT2D eigenvalue weighted by Gasteiger charge is 2.04. The first-order valence-electron chi connectivity index (χ1n) is 4.87. The zero-order valence-electron chi connectivity index (χ0n) is 8.68. The Morgan fingerprint density at radius 1 is 1.53 bits per heavy atom. The van der Waals surface area contributed by atoms with E-state index < -0.39 is 0 Å². The summed E-state index contributed by atoms with van der Waals surface area (Å²) >= 11 is 0. The van der Waals surface area contributed by atoms with Gasteiger partial charge in [0.05, 0.1) is 6.54 Å². The summed E-state index contributed by atoms with van der Waals surface area (Å²) in [6.07, 6.45) is 2.51. The number of hydrogen-bond donors (Lipinski definition) is 0. The van der Waals surface area contributed by atoms with Crippen molar-refractivity contribution in [1.82, 2.24) is 14.2 Å². The minimum absolute atomic E-state index is 0.0909. The Bertz CT molecular complexity index is 550. The molecule has 0 aliphatic heterocycles. The van der Waals surface area contributed by atoms with E-state index in [1.807, 2.05) is 25.1 Å². The Labute approximate surface area is 87.5 Å². The summed E-state index contributed by atoms with van der Waals surface area (Å²) in [6.45, 7) is 6.34. The second-order valence-electron chi connectivity index (χ2n) is 3.64. The Kier molecular flexibility index (Phi) is 2.41. The Hall–Kier alpha value is -1.84. The number of hydrogen-bond acceptors (Lipinski definition) is 2. The number of aryl methyl sites for hydroxylation is 1. The standard InChI is InChI=1S/C11H13N3O/c1-9(2)6-8-14-11(15)13-7-4-3-5-10(13)12-14/h3-5,7H,1,6,8H2,2H3. The fraction of sp³-hybridized carbons (Fsp3) is 0.273. The monoisotopic (exact) mass is 203 g/mol. The van der Waals surface area contributed by atoms with Crippen molar-refractivity contribution in [3.8, 4) is 0 Å². The van der Waals surface area contributed by atoms with Gasteiger partial charge in [-0.2, -0.15) is 0 Å². The molecule has 2 aromatic heterocycles. The van der Waals surface area contributed by atoms with Crippen molar-refractivity contribution in [1.29, 1.82) is 0 Å². The lowest BCUT2D eigenvalue weighted by molar-refractivity contribution is 0.591. The van der Waals surface area contributed by atoms with Crippen LogP contribution in [-0.4, -0.2) is 14.2 Å². The molecule has 0 aliphatic carbocycles. The summed E-state index contributed by atoms with van der Waals surface area (Å²) in [7, 11) is 0. The van der Waals surface area contributed by atoms with Crippen LogP contribution in [0.5, 0.6) is 0 Å². The topological polar surface area (TPSA) is 39.3 Å². The summed E-state index contributed by atoms with van der Waals surface area (Å²) in [5.74, 6) is 0. The average molecular weight is 203 g/mol. The van der Waals surface area contributed by atoms with Gasteiger partial charge in [-0.3, -0.25) is 4.40 Å². The van der Waals surface area contributed by atoms with Crippen molar-refractivity contribution in [2.45, 2.75) is 19.9 Å². The molecule has 2 heterocycles. The Balaban J connectivity index is 2.40.